The van der Waals surface area contributed by atoms with E-state index in [2.05, 4.69) is 4.98 Å². The van der Waals surface area contributed by atoms with E-state index < -0.39 is 9.05 Å². The van der Waals surface area contributed by atoms with Gasteiger partial charge in [0.05, 0.1) is 9.92 Å². The summed E-state index contributed by atoms with van der Waals surface area (Å²) >= 11 is 5.91. The van der Waals surface area contributed by atoms with Crippen molar-refractivity contribution in [3.8, 4) is 11.6 Å². The van der Waals surface area contributed by atoms with Crippen LogP contribution in [0.3, 0.4) is 0 Å². The molecule has 2 rings (SSSR count). The lowest BCUT2D eigenvalue weighted by Gasteiger charge is -2.06. The highest BCUT2D eigenvalue weighted by Crippen LogP contribution is 2.28. The Bertz CT molecular complexity index is 673. The van der Waals surface area contributed by atoms with E-state index in [1.54, 1.807) is 24.3 Å². The molecule has 0 aliphatic carbocycles. The number of pyridine rings is 1. The van der Waals surface area contributed by atoms with Crippen LogP contribution in [0.1, 0.15) is 0 Å². The Balaban J connectivity index is 2.34. The second-order valence-corrected chi connectivity index (χ2v) is 6.27. The van der Waals surface area contributed by atoms with Crippen LogP contribution in [-0.4, -0.2) is 13.4 Å². The topological polar surface area (TPSA) is 56.3 Å². The van der Waals surface area contributed by atoms with Gasteiger partial charge in [-0.25, -0.2) is 13.4 Å². The molecule has 0 bridgehead atoms. The van der Waals surface area contributed by atoms with Crippen LogP contribution in [0.25, 0.3) is 0 Å². The maximum Gasteiger partial charge on any atom is 0.261 e. The Hall–Kier alpha value is -1.30. The number of benzene rings is 1. The van der Waals surface area contributed by atoms with Crippen LogP contribution in [0.15, 0.2) is 47.5 Å². The molecule has 0 unspecified atom stereocenters. The molecule has 18 heavy (non-hydrogen) atoms. The van der Waals surface area contributed by atoms with Gasteiger partial charge in [0.1, 0.15) is 5.75 Å². The summed E-state index contributed by atoms with van der Waals surface area (Å²) in [7, 11) is 1.42. The summed E-state index contributed by atoms with van der Waals surface area (Å²) in [6.45, 7) is 0. The number of aromatic nitrogens is 1. The first-order valence-electron chi connectivity index (χ1n) is 4.80. The third kappa shape index (κ3) is 3.13. The van der Waals surface area contributed by atoms with Gasteiger partial charge < -0.3 is 4.74 Å². The Morgan fingerprint density at radius 2 is 1.89 bits per heavy atom. The minimum Gasteiger partial charge on any atom is -0.437 e. The molecular weight excluding hydrogens is 297 g/mol. The van der Waals surface area contributed by atoms with Crippen molar-refractivity contribution in [3.63, 3.8) is 0 Å². The van der Waals surface area contributed by atoms with Crippen molar-refractivity contribution < 1.29 is 13.2 Å². The maximum atomic E-state index is 11.2. The fourth-order valence-corrected chi connectivity index (χ4v) is 2.17. The Labute approximate surface area is 114 Å². The van der Waals surface area contributed by atoms with E-state index in [0.717, 1.165) is 0 Å². The van der Waals surface area contributed by atoms with Gasteiger partial charge in [-0.1, -0.05) is 23.7 Å². The first-order valence-corrected chi connectivity index (χ1v) is 7.48. The van der Waals surface area contributed by atoms with E-state index in [0.29, 0.717) is 10.8 Å². The van der Waals surface area contributed by atoms with E-state index in [1.807, 2.05) is 0 Å². The third-order valence-electron chi connectivity index (χ3n) is 2.04. The largest absolute Gasteiger partial charge is 0.437 e. The quantitative estimate of drug-likeness (QED) is 0.815. The zero-order valence-electron chi connectivity index (χ0n) is 8.88. The van der Waals surface area contributed by atoms with E-state index >= 15 is 0 Å². The lowest BCUT2D eigenvalue weighted by atomic mass is 10.3. The van der Waals surface area contributed by atoms with Crippen molar-refractivity contribution in [2.24, 2.45) is 0 Å². The fourth-order valence-electron chi connectivity index (χ4n) is 1.24. The van der Waals surface area contributed by atoms with Crippen LogP contribution in [0.2, 0.25) is 5.02 Å². The highest BCUT2D eigenvalue weighted by Gasteiger charge is 2.12. The van der Waals surface area contributed by atoms with Gasteiger partial charge in [-0.2, -0.15) is 0 Å². The van der Waals surface area contributed by atoms with Gasteiger partial charge in [0.25, 0.3) is 9.05 Å². The molecular formula is C11H7Cl2NO3S. The van der Waals surface area contributed by atoms with E-state index in [-0.39, 0.29) is 10.8 Å². The van der Waals surface area contributed by atoms with E-state index in [4.69, 9.17) is 27.0 Å². The zero-order valence-corrected chi connectivity index (χ0v) is 11.2. The summed E-state index contributed by atoms with van der Waals surface area (Å²) in [6, 6.07) is 9.30. The molecule has 2 aromatic rings. The normalized spacial score (nSPS) is 11.2. The molecule has 1 heterocycles. The van der Waals surface area contributed by atoms with Crippen LogP contribution in [0, 0.1) is 0 Å². The lowest BCUT2D eigenvalue weighted by molar-refractivity contribution is 0.461. The van der Waals surface area contributed by atoms with Gasteiger partial charge in [-0.3, -0.25) is 0 Å². The van der Waals surface area contributed by atoms with Gasteiger partial charge >= 0.3 is 0 Å². The SMILES string of the molecule is O=S(=O)(Cl)c1ccnc(Oc2ccccc2Cl)c1. The van der Waals surface area contributed by atoms with Gasteiger partial charge in [0.2, 0.25) is 5.88 Å². The Morgan fingerprint density at radius 1 is 1.17 bits per heavy atom. The van der Waals surface area contributed by atoms with Crippen molar-refractivity contribution in [1.82, 2.24) is 4.98 Å². The molecule has 4 nitrogen and oxygen atoms in total. The first kappa shape index (κ1) is 13.1. The molecule has 0 fully saturated rings. The summed E-state index contributed by atoms with van der Waals surface area (Å²) in [5.74, 6) is 0.487. The highest BCUT2D eigenvalue weighted by molar-refractivity contribution is 8.13. The third-order valence-corrected chi connectivity index (χ3v) is 3.70. The zero-order chi connectivity index (χ0) is 13.2. The minimum atomic E-state index is -3.81. The molecule has 1 aromatic carbocycles. The summed E-state index contributed by atoms with van der Waals surface area (Å²) < 4.78 is 27.7. The smallest absolute Gasteiger partial charge is 0.261 e. The van der Waals surface area contributed by atoms with Crippen LogP contribution < -0.4 is 4.74 Å². The molecule has 0 N–H and O–H groups in total. The van der Waals surface area contributed by atoms with Gasteiger partial charge in [-0.05, 0) is 18.2 Å². The second-order valence-electron chi connectivity index (χ2n) is 3.30. The van der Waals surface area contributed by atoms with Crippen LogP contribution >= 0.6 is 22.3 Å². The number of hydrogen-bond donors (Lipinski definition) is 0. The van der Waals surface area contributed by atoms with E-state index in [9.17, 15) is 8.42 Å². The van der Waals surface area contributed by atoms with Crippen molar-refractivity contribution in [1.29, 1.82) is 0 Å². The molecule has 0 amide bonds. The predicted octanol–water partition coefficient (Wildman–Crippen LogP) is 3.45. The predicted molar refractivity (Wildman–Crippen MR) is 68.8 cm³/mol. The van der Waals surface area contributed by atoms with Gasteiger partial charge in [0.15, 0.2) is 0 Å². The minimum absolute atomic E-state index is 0.0822. The number of ether oxygens (including phenoxy) is 1. The molecule has 0 radical (unpaired) electrons. The lowest BCUT2D eigenvalue weighted by Crippen LogP contribution is -1.94. The number of rotatable bonds is 3. The van der Waals surface area contributed by atoms with Crippen molar-refractivity contribution in [3.05, 3.63) is 47.6 Å². The van der Waals surface area contributed by atoms with E-state index in [1.165, 1.54) is 18.3 Å². The molecule has 1 aromatic heterocycles. The molecule has 0 atom stereocenters. The summed E-state index contributed by atoms with van der Waals surface area (Å²) in [5, 5.41) is 0.401. The summed E-state index contributed by atoms with van der Waals surface area (Å²) in [6.07, 6.45) is 1.29. The molecule has 7 heteroatoms. The van der Waals surface area contributed by atoms with Crippen LogP contribution in [-0.2, 0) is 9.05 Å². The Kier molecular flexibility index (Phi) is 3.75. The number of halogens is 2. The number of para-hydroxylation sites is 1. The molecule has 0 saturated carbocycles. The summed E-state index contributed by atoms with van der Waals surface area (Å²) in [5.41, 5.74) is 0. The molecule has 0 saturated heterocycles. The van der Waals surface area contributed by atoms with Crippen molar-refractivity contribution >= 4 is 31.3 Å². The summed E-state index contributed by atoms with van der Waals surface area (Å²) in [4.78, 5) is 3.80. The fraction of sp³-hybridized carbons (Fsp3) is 0. The highest BCUT2D eigenvalue weighted by atomic mass is 35.7. The van der Waals surface area contributed by atoms with Crippen molar-refractivity contribution in [2.75, 3.05) is 0 Å². The molecule has 0 aliphatic heterocycles. The monoisotopic (exact) mass is 303 g/mol. The average molecular weight is 304 g/mol. The maximum absolute atomic E-state index is 11.2. The number of nitrogens with zero attached hydrogens (tertiary/aromatic N) is 1. The van der Waals surface area contributed by atoms with Crippen LogP contribution in [0.4, 0.5) is 0 Å². The second kappa shape index (κ2) is 5.14. The van der Waals surface area contributed by atoms with Gasteiger partial charge in [0, 0.05) is 22.9 Å². The first-order chi connectivity index (χ1) is 8.47. The molecule has 94 valence electrons. The standard InChI is InChI=1S/C11H7Cl2NO3S/c12-9-3-1-2-4-10(9)17-11-7-8(5-6-14-11)18(13,15)16/h1-7H. The van der Waals surface area contributed by atoms with Crippen molar-refractivity contribution in [2.45, 2.75) is 4.90 Å². The Morgan fingerprint density at radius 3 is 2.56 bits per heavy atom. The molecule has 0 spiro atoms. The van der Waals surface area contributed by atoms with Gasteiger partial charge in [-0.15, -0.1) is 0 Å². The van der Waals surface area contributed by atoms with Crippen LogP contribution in [0.5, 0.6) is 11.6 Å². The average Bonchev–Trinajstić information content (AvgIpc) is 2.31. The number of hydrogen-bond acceptors (Lipinski definition) is 4. The molecule has 0 aliphatic rings.